The maximum absolute atomic E-state index is 13.9. The molecule has 0 bridgehead atoms. The van der Waals surface area contributed by atoms with Gasteiger partial charge in [0.2, 0.25) is 11.2 Å². The number of hydrogen-bond donors (Lipinski definition) is 0. The molecule has 5 aromatic rings. The van der Waals surface area contributed by atoms with Crippen molar-refractivity contribution in [2.24, 2.45) is 0 Å². The van der Waals surface area contributed by atoms with Gasteiger partial charge in [0.15, 0.2) is 0 Å². The molecule has 1 heterocycles. The number of rotatable bonds is 6. The molecule has 0 fully saturated rings. The summed E-state index contributed by atoms with van der Waals surface area (Å²) in [5.74, 6) is -3.33. The fourth-order valence-corrected chi connectivity index (χ4v) is 4.11. The maximum Gasteiger partial charge on any atom is 0.453 e. The lowest BCUT2D eigenvalue weighted by molar-refractivity contribution is -0.154. The van der Waals surface area contributed by atoms with Crippen LogP contribution < -0.4 is 14.9 Å². The van der Waals surface area contributed by atoms with Gasteiger partial charge >= 0.3 is 12.1 Å². The third-order valence-electron chi connectivity index (χ3n) is 6.07. The molecule has 0 atom stereocenters. The van der Waals surface area contributed by atoms with Crippen LogP contribution in [0.5, 0.6) is 17.2 Å². The molecule has 1 aromatic heterocycles. The molecule has 0 amide bonds. The number of esters is 1. The van der Waals surface area contributed by atoms with Crippen molar-refractivity contribution in [3.05, 3.63) is 118 Å². The summed E-state index contributed by atoms with van der Waals surface area (Å²) < 4.78 is 57.3. The number of ether oxygens (including phenoxy) is 2. The standard InChI is InChI=1S/C31H21F3O5/c1-2-19-10-13-22(14-11-19)38-29-28(36)25-16-15-23(18-26(25)39-30(29)31(32,33)34)37-27(35)17-12-21-8-5-7-20-6-3-4-9-24(20)21/h3-18H,2H2,1H3. The zero-order valence-electron chi connectivity index (χ0n) is 20.6. The van der Waals surface area contributed by atoms with E-state index in [1.807, 2.05) is 49.4 Å². The molecule has 5 rings (SSSR count). The molecule has 0 aliphatic heterocycles. The second-order valence-electron chi connectivity index (χ2n) is 8.67. The summed E-state index contributed by atoms with van der Waals surface area (Å²) in [6, 6.07) is 23.2. The Morgan fingerprint density at radius 3 is 2.36 bits per heavy atom. The molecular weight excluding hydrogens is 509 g/mol. The minimum absolute atomic E-state index is 0.0629. The van der Waals surface area contributed by atoms with Crippen molar-refractivity contribution in [1.29, 1.82) is 0 Å². The molecule has 0 aliphatic carbocycles. The normalized spacial score (nSPS) is 11.8. The lowest BCUT2D eigenvalue weighted by Gasteiger charge is -2.13. The summed E-state index contributed by atoms with van der Waals surface area (Å²) in [6.45, 7) is 1.93. The van der Waals surface area contributed by atoms with Crippen LogP contribution in [0.2, 0.25) is 0 Å². The van der Waals surface area contributed by atoms with Crippen LogP contribution in [0.3, 0.4) is 0 Å². The van der Waals surface area contributed by atoms with E-state index in [4.69, 9.17) is 13.9 Å². The number of hydrogen-bond acceptors (Lipinski definition) is 5. The molecule has 0 saturated carbocycles. The number of aryl methyl sites for hydroxylation is 1. The van der Waals surface area contributed by atoms with E-state index in [0.717, 1.165) is 34.4 Å². The van der Waals surface area contributed by atoms with Gasteiger partial charge < -0.3 is 13.9 Å². The Morgan fingerprint density at radius 2 is 1.62 bits per heavy atom. The number of halogens is 3. The van der Waals surface area contributed by atoms with Gasteiger partial charge in [0, 0.05) is 12.1 Å². The summed E-state index contributed by atoms with van der Waals surface area (Å²) in [4.78, 5) is 25.5. The van der Waals surface area contributed by atoms with Crippen molar-refractivity contribution in [3.63, 3.8) is 0 Å². The minimum Gasteiger partial charge on any atom is -0.449 e. The first-order chi connectivity index (χ1) is 18.7. The molecule has 0 saturated heterocycles. The highest BCUT2D eigenvalue weighted by Gasteiger charge is 2.40. The quantitative estimate of drug-likeness (QED) is 0.127. The van der Waals surface area contributed by atoms with Crippen LogP contribution in [0.25, 0.3) is 27.8 Å². The van der Waals surface area contributed by atoms with Crippen LogP contribution >= 0.6 is 0 Å². The lowest BCUT2D eigenvalue weighted by Crippen LogP contribution is -2.15. The largest absolute Gasteiger partial charge is 0.453 e. The maximum atomic E-state index is 13.9. The zero-order valence-corrected chi connectivity index (χ0v) is 20.6. The second kappa shape index (κ2) is 10.5. The van der Waals surface area contributed by atoms with Gasteiger partial charge in [0.05, 0.1) is 5.39 Å². The lowest BCUT2D eigenvalue weighted by atomic mass is 10.0. The SMILES string of the molecule is CCc1ccc(Oc2c(C(F)(F)F)oc3cc(OC(=O)C=Cc4cccc5ccccc45)ccc3c2=O)cc1. The predicted molar refractivity (Wildman–Crippen MR) is 142 cm³/mol. The third-order valence-corrected chi connectivity index (χ3v) is 6.07. The molecular formula is C31H21F3O5. The summed E-state index contributed by atoms with van der Waals surface area (Å²) in [7, 11) is 0. The number of alkyl halides is 3. The Hall–Kier alpha value is -4.85. The van der Waals surface area contributed by atoms with E-state index in [2.05, 4.69) is 0 Å². The van der Waals surface area contributed by atoms with E-state index in [1.54, 1.807) is 18.2 Å². The third kappa shape index (κ3) is 5.55. The Labute approximate surface area is 220 Å². The van der Waals surface area contributed by atoms with Gasteiger partial charge in [-0.15, -0.1) is 0 Å². The van der Waals surface area contributed by atoms with Gasteiger partial charge in [0.1, 0.15) is 17.1 Å². The molecule has 0 spiro atoms. The van der Waals surface area contributed by atoms with Gasteiger partial charge in [-0.1, -0.05) is 61.5 Å². The number of carbonyl (C=O) groups is 1. The van der Waals surface area contributed by atoms with Crippen LogP contribution in [0.1, 0.15) is 23.8 Å². The van der Waals surface area contributed by atoms with Crippen LogP contribution in [-0.2, 0) is 17.4 Å². The average molecular weight is 530 g/mol. The number of carbonyl (C=O) groups excluding carboxylic acids is 1. The van der Waals surface area contributed by atoms with Crippen molar-refractivity contribution in [2.75, 3.05) is 0 Å². The molecule has 4 aromatic carbocycles. The Kier molecular flexibility index (Phi) is 6.94. The van der Waals surface area contributed by atoms with Gasteiger partial charge in [-0.2, -0.15) is 13.2 Å². The predicted octanol–water partition coefficient (Wildman–Crippen LogP) is 7.94. The first-order valence-electron chi connectivity index (χ1n) is 12.1. The molecule has 0 unspecified atom stereocenters. The minimum atomic E-state index is -5.01. The fraction of sp³-hybridized carbons (Fsp3) is 0.0968. The number of benzene rings is 4. The molecule has 0 N–H and O–H groups in total. The summed E-state index contributed by atoms with van der Waals surface area (Å²) >= 11 is 0. The summed E-state index contributed by atoms with van der Waals surface area (Å²) in [5.41, 5.74) is 0.348. The van der Waals surface area contributed by atoms with E-state index < -0.39 is 34.7 Å². The zero-order chi connectivity index (χ0) is 27.6. The van der Waals surface area contributed by atoms with Gasteiger partial charge in [-0.25, -0.2) is 4.79 Å². The first-order valence-corrected chi connectivity index (χ1v) is 12.1. The average Bonchev–Trinajstić information content (AvgIpc) is 2.93. The van der Waals surface area contributed by atoms with Crippen molar-refractivity contribution in [3.8, 4) is 17.2 Å². The molecule has 196 valence electrons. The molecule has 5 nitrogen and oxygen atoms in total. The smallest absolute Gasteiger partial charge is 0.449 e. The van der Waals surface area contributed by atoms with Crippen molar-refractivity contribution >= 4 is 33.8 Å². The molecule has 0 aliphatic rings. The second-order valence-corrected chi connectivity index (χ2v) is 8.67. The van der Waals surface area contributed by atoms with E-state index in [9.17, 15) is 22.8 Å². The Morgan fingerprint density at radius 1 is 0.897 bits per heavy atom. The van der Waals surface area contributed by atoms with Crippen LogP contribution in [0.15, 0.2) is 100 Å². The highest BCUT2D eigenvalue weighted by Crippen LogP contribution is 2.38. The molecule has 39 heavy (non-hydrogen) atoms. The summed E-state index contributed by atoms with van der Waals surface area (Å²) in [5, 5.41) is 1.78. The highest BCUT2D eigenvalue weighted by molar-refractivity contribution is 5.95. The van der Waals surface area contributed by atoms with E-state index in [0.29, 0.717) is 0 Å². The monoisotopic (exact) mass is 530 g/mol. The van der Waals surface area contributed by atoms with Gasteiger partial charge in [-0.05, 0) is 58.7 Å². The van der Waals surface area contributed by atoms with Crippen LogP contribution in [0.4, 0.5) is 13.2 Å². The van der Waals surface area contributed by atoms with E-state index in [-0.39, 0.29) is 16.9 Å². The van der Waals surface area contributed by atoms with Crippen molar-refractivity contribution in [1.82, 2.24) is 0 Å². The highest BCUT2D eigenvalue weighted by atomic mass is 19.4. The first kappa shape index (κ1) is 25.8. The fourth-order valence-electron chi connectivity index (χ4n) is 4.11. The van der Waals surface area contributed by atoms with Crippen LogP contribution in [-0.4, -0.2) is 5.97 Å². The van der Waals surface area contributed by atoms with E-state index >= 15 is 0 Å². The Bertz CT molecular complexity index is 1760. The topological polar surface area (TPSA) is 65.7 Å². The van der Waals surface area contributed by atoms with Crippen molar-refractivity contribution < 1.29 is 31.9 Å². The summed E-state index contributed by atoms with van der Waals surface area (Å²) in [6.07, 6.45) is -1.48. The van der Waals surface area contributed by atoms with Gasteiger partial charge in [-0.3, -0.25) is 4.79 Å². The molecule has 8 heteroatoms. The van der Waals surface area contributed by atoms with Crippen molar-refractivity contribution in [2.45, 2.75) is 19.5 Å². The van der Waals surface area contributed by atoms with Crippen LogP contribution in [0, 0.1) is 0 Å². The van der Waals surface area contributed by atoms with Gasteiger partial charge in [0.25, 0.3) is 5.76 Å². The molecule has 0 radical (unpaired) electrons. The number of fused-ring (bicyclic) bond motifs is 2. The van der Waals surface area contributed by atoms with E-state index in [1.165, 1.54) is 30.3 Å². The Balaban J connectivity index is 1.44.